The Bertz CT molecular complexity index is 1700. The number of carbonyl (C=O) groups is 2. The van der Waals surface area contributed by atoms with Gasteiger partial charge in [-0.2, -0.15) is 0 Å². The minimum Gasteiger partial charge on any atom is -0.352 e. The van der Waals surface area contributed by atoms with E-state index in [9.17, 15) is 18.0 Å². The van der Waals surface area contributed by atoms with Crippen molar-refractivity contribution in [2.45, 2.75) is 55.6 Å². The summed E-state index contributed by atoms with van der Waals surface area (Å²) in [5.41, 5.74) is 1.94. The second-order valence-electron chi connectivity index (χ2n) is 11.1. The number of benzene rings is 4. The molecule has 10 heteroatoms. The van der Waals surface area contributed by atoms with Crippen molar-refractivity contribution in [1.29, 1.82) is 0 Å². The first-order valence-corrected chi connectivity index (χ1v) is 17.5. The van der Waals surface area contributed by atoms with E-state index in [1.807, 2.05) is 36.4 Å². The molecule has 2 amide bonds. The Morgan fingerprint density at radius 1 is 0.844 bits per heavy atom. The lowest BCUT2D eigenvalue weighted by Crippen LogP contribution is -2.54. The smallest absolute Gasteiger partial charge is 0.264 e. The van der Waals surface area contributed by atoms with Crippen molar-refractivity contribution in [3.8, 4) is 0 Å². The van der Waals surface area contributed by atoms with Crippen LogP contribution in [-0.2, 0) is 32.6 Å². The van der Waals surface area contributed by atoms with E-state index >= 15 is 0 Å². The van der Waals surface area contributed by atoms with Crippen LogP contribution in [0.15, 0.2) is 119 Å². The molecule has 1 aliphatic carbocycles. The van der Waals surface area contributed by atoms with E-state index in [-0.39, 0.29) is 29.8 Å². The predicted octanol–water partition coefficient (Wildman–Crippen LogP) is 7.00. The zero-order valence-electron chi connectivity index (χ0n) is 24.7. The van der Waals surface area contributed by atoms with E-state index in [1.165, 1.54) is 17.0 Å². The first-order valence-electron chi connectivity index (χ1n) is 14.9. The molecular weight excluding hydrogens is 674 g/mol. The van der Waals surface area contributed by atoms with Gasteiger partial charge in [0.1, 0.15) is 12.6 Å². The summed E-state index contributed by atoms with van der Waals surface area (Å²) in [7, 11) is -4.15. The van der Waals surface area contributed by atoms with Crippen LogP contribution in [-0.4, -0.2) is 43.8 Å². The van der Waals surface area contributed by atoms with E-state index < -0.39 is 28.5 Å². The molecule has 5 rings (SSSR count). The highest BCUT2D eigenvalue weighted by Gasteiger charge is 2.35. The molecule has 0 spiro atoms. The van der Waals surface area contributed by atoms with Crippen LogP contribution in [0.4, 0.5) is 5.69 Å². The highest BCUT2D eigenvalue weighted by atomic mass is 79.9. The van der Waals surface area contributed by atoms with Gasteiger partial charge in [0, 0.05) is 28.5 Å². The second-order valence-corrected chi connectivity index (χ2v) is 14.4. The van der Waals surface area contributed by atoms with Crippen LogP contribution in [0, 0.1) is 0 Å². The van der Waals surface area contributed by atoms with Gasteiger partial charge >= 0.3 is 0 Å². The Hall–Kier alpha value is -3.66. The van der Waals surface area contributed by atoms with Crippen molar-refractivity contribution in [3.63, 3.8) is 0 Å². The summed E-state index contributed by atoms with van der Waals surface area (Å²) in [6, 6.07) is 30.6. The normalized spacial score (nSPS) is 14.1. The van der Waals surface area contributed by atoms with Crippen molar-refractivity contribution in [2.24, 2.45) is 0 Å². The van der Waals surface area contributed by atoms with Gasteiger partial charge in [-0.05, 0) is 72.5 Å². The molecule has 0 heterocycles. The van der Waals surface area contributed by atoms with Gasteiger partial charge < -0.3 is 10.2 Å². The van der Waals surface area contributed by atoms with Crippen LogP contribution in [0.25, 0.3) is 0 Å². The zero-order valence-corrected chi connectivity index (χ0v) is 27.8. The molecule has 1 fully saturated rings. The number of rotatable bonds is 12. The van der Waals surface area contributed by atoms with Gasteiger partial charge in [0.2, 0.25) is 11.8 Å². The summed E-state index contributed by atoms with van der Waals surface area (Å²) in [6.45, 7) is -0.448. The van der Waals surface area contributed by atoms with E-state index in [1.54, 1.807) is 60.7 Å². The number of hydrogen-bond donors (Lipinski definition) is 1. The Morgan fingerprint density at radius 3 is 2.11 bits per heavy atom. The molecule has 7 nitrogen and oxygen atoms in total. The van der Waals surface area contributed by atoms with E-state index in [0.29, 0.717) is 10.7 Å². The van der Waals surface area contributed by atoms with Crippen LogP contribution in [0.2, 0.25) is 5.02 Å². The Labute approximate surface area is 278 Å². The number of halogens is 2. The second kappa shape index (κ2) is 15.1. The first kappa shape index (κ1) is 32.7. The molecule has 0 radical (unpaired) electrons. The number of hydrogen-bond acceptors (Lipinski definition) is 4. The molecule has 45 heavy (non-hydrogen) atoms. The van der Waals surface area contributed by atoms with Crippen molar-refractivity contribution >= 4 is 55.1 Å². The van der Waals surface area contributed by atoms with Crippen molar-refractivity contribution in [3.05, 3.63) is 130 Å². The van der Waals surface area contributed by atoms with Crippen LogP contribution in [0.5, 0.6) is 0 Å². The van der Waals surface area contributed by atoms with Gasteiger partial charge in [-0.3, -0.25) is 13.9 Å². The third-order valence-corrected chi connectivity index (χ3v) is 10.5. The van der Waals surface area contributed by atoms with Crippen LogP contribution < -0.4 is 9.62 Å². The fourth-order valence-electron chi connectivity index (χ4n) is 5.61. The highest BCUT2D eigenvalue weighted by molar-refractivity contribution is 9.10. The lowest BCUT2D eigenvalue weighted by Gasteiger charge is -2.34. The molecule has 0 bridgehead atoms. The van der Waals surface area contributed by atoms with E-state index in [4.69, 9.17) is 11.6 Å². The quantitative estimate of drug-likeness (QED) is 0.172. The number of nitrogens with zero attached hydrogens (tertiary/aromatic N) is 2. The topological polar surface area (TPSA) is 86.8 Å². The molecule has 4 aromatic rings. The SMILES string of the molecule is O=C(NC1CCCC1)[C@@H](Cc1ccccc1)N(Cc1cccc(Cl)c1)C(=O)CN(c1ccc(Br)cc1)S(=O)(=O)c1ccccc1. The van der Waals surface area contributed by atoms with Gasteiger partial charge in [0.25, 0.3) is 10.0 Å². The molecule has 0 aliphatic heterocycles. The summed E-state index contributed by atoms with van der Waals surface area (Å²) >= 11 is 9.73. The van der Waals surface area contributed by atoms with Crippen molar-refractivity contribution in [2.75, 3.05) is 10.8 Å². The molecule has 1 aliphatic rings. The molecule has 1 saturated carbocycles. The fourth-order valence-corrected chi connectivity index (χ4v) is 7.52. The molecular formula is C35H35BrClN3O4S. The van der Waals surface area contributed by atoms with Gasteiger partial charge in [-0.15, -0.1) is 0 Å². The monoisotopic (exact) mass is 707 g/mol. The van der Waals surface area contributed by atoms with Gasteiger partial charge in [0.15, 0.2) is 0 Å². The van der Waals surface area contributed by atoms with Crippen molar-refractivity contribution < 1.29 is 18.0 Å². The Kier molecular flexibility index (Phi) is 11.0. The molecule has 4 aromatic carbocycles. The molecule has 0 unspecified atom stereocenters. The predicted molar refractivity (Wildman–Crippen MR) is 181 cm³/mol. The number of nitrogens with one attached hydrogen (secondary N) is 1. The summed E-state index contributed by atoms with van der Waals surface area (Å²) < 4.78 is 30.0. The maximum absolute atomic E-state index is 14.5. The molecule has 0 aromatic heterocycles. The summed E-state index contributed by atoms with van der Waals surface area (Å²) in [4.78, 5) is 30.1. The summed E-state index contributed by atoms with van der Waals surface area (Å²) in [5.74, 6) is -0.776. The fraction of sp³-hybridized carbons (Fsp3) is 0.257. The average molecular weight is 709 g/mol. The Balaban J connectivity index is 1.56. The van der Waals surface area contributed by atoms with Gasteiger partial charge in [-0.25, -0.2) is 8.42 Å². The summed E-state index contributed by atoms with van der Waals surface area (Å²) in [6.07, 6.45) is 4.12. The summed E-state index contributed by atoms with van der Waals surface area (Å²) in [5, 5.41) is 3.68. The molecule has 1 atom stereocenters. The number of carbonyl (C=O) groups excluding carboxylic acids is 2. The number of anilines is 1. The first-order chi connectivity index (χ1) is 21.7. The molecule has 234 valence electrons. The van der Waals surface area contributed by atoms with Crippen molar-refractivity contribution in [1.82, 2.24) is 10.2 Å². The van der Waals surface area contributed by atoms with Crippen LogP contribution in [0.3, 0.4) is 0 Å². The Morgan fingerprint density at radius 2 is 1.47 bits per heavy atom. The number of amides is 2. The van der Waals surface area contributed by atoms with Gasteiger partial charge in [-0.1, -0.05) is 101 Å². The lowest BCUT2D eigenvalue weighted by atomic mass is 10.0. The van der Waals surface area contributed by atoms with Gasteiger partial charge in [0.05, 0.1) is 10.6 Å². The average Bonchev–Trinajstić information content (AvgIpc) is 3.56. The maximum Gasteiger partial charge on any atom is 0.264 e. The third kappa shape index (κ3) is 8.54. The standard InChI is InChI=1S/C35H35BrClN3O4S/c36-28-18-20-31(21-19-28)40(45(43,44)32-16-5-2-6-17-32)25-34(41)39(24-27-12-9-13-29(37)22-27)33(23-26-10-3-1-4-11-26)35(42)38-30-14-7-8-15-30/h1-6,9-13,16-22,30,33H,7-8,14-15,23-25H2,(H,38,42)/t33-/m1/s1. The zero-order chi connectivity index (χ0) is 31.8. The minimum absolute atomic E-state index is 0.0385. The van der Waals surface area contributed by atoms with Crippen LogP contribution in [0.1, 0.15) is 36.8 Å². The minimum atomic E-state index is -4.15. The molecule has 1 N–H and O–H groups in total. The van der Waals surface area contributed by atoms with E-state index in [0.717, 1.165) is 45.6 Å². The lowest BCUT2D eigenvalue weighted by molar-refractivity contribution is -0.140. The molecule has 0 saturated heterocycles. The number of sulfonamides is 1. The largest absolute Gasteiger partial charge is 0.352 e. The van der Waals surface area contributed by atoms with E-state index in [2.05, 4.69) is 21.2 Å². The maximum atomic E-state index is 14.5. The third-order valence-electron chi connectivity index (χ3n) is 7.94. The highest BCUT2D eigenvalue weighted by Crippen LogP contribution is 2.27. The van der Waals surface area contributed by atoms with Crippen LogP contribution >= 0.6 is 27.5 Å².